The number of carbonyl (C=O) groups excluding carboxylic acids is 2. The third-order valence-corrected chi connectivity index (χ3v) is 4.82. The molecule has 0 unspecified atom stereocenters. The number of hydrogen-bond donors (Lipinski definition) is 2. The summed E-state index contributed by atoms with van der Waals surface area (Å²) in [7, 11) is 0. The molecule has 2 heterocycles. The Labute approximate surface area is 163 Å². The number of anilines is 2. The number of para-hydroxylation sites is 1. The lowest BCUT2D eigenvalue weighted by atomic mass is 9.97. The number of aromatic nitrogens is 2. The molecule has 2 amide bonds. The van der Waals surface area contributed by atoms with E-state index in [4.69, 9.17) is 11.6 Å². The van der Waals surface area contributed by atoms with Gasteiger partial charge in [0.05, 0.1) is 22.8 Å². The van der Waals surface area contributed by atoms with Crippen molar-refractivity contribution in [1.29, 1.82) is 0 Å². The SMILES string of the molecule is O=C(CCN1CCC[C@@H](C(=O)Nc2cnccn2)C1)Nc1ccccc1Cl. The van der Waals surface area contributed by atoms with Gasteiger partial charge in [-0.1, -0.05) is 23.7 Å². The van der Waals surface area contributed by atoms with Crippen LogP contribution in [-0.4, -0.2) is 46.3 Å². The summed E-state index contributed by atoms with van der Waals surface area (Å²) in [5.41, 5.74) is 0.615. The molecule has 3 rings (SSSR count). The van der Waals surface area contributed by atoms with Crippen LogP contribution >= 0.6 is 11.6 Å². The summed E-state index contributed by atoms with van der Waals surface area (Å²) in [6.45, 7) is 2.12. The number of likely N-dealkylation sites (tertiary alicyclic amines) is 1. The normalized spacial score (nSPS) is 17.3. The van der Waals surface area contributed by atoms with Crippen LogP contribution in [0.3, 0.4) is 0 Å². The summed E-state index contributed by atoms with van der Waals surface area (Å²) in [5.74, 6) is 0.195. The van der Waals surface area contributed by atoms with Gasteiger partial charge in [-0.2, -0.15) is 0 Å². The summed E-state index contributed by atoms with van der Waals surface area (Å²) < 4.78 is 0. The zero-order chi connectivity index (χ0) is 19.1. The van der Waals surface area contributed by atoms with E-state index in [2.05, 4.69) is 25.5 Å². The van der Waals surface area contributed by atoms with Crippen molar-refractivity contribution >= 4 is 34.9 Å². The van der Waals surface area contributed by atoms with E-state index in [0.29, 0.717) is 36.0 Å². The molecule has 2 aromatic rings. The highest BCUT2D eigenvalue weighted by Crippen LogP contribution is 2.21. The van der Waals surface area contributed by atoms with Crippen LogP contribution in [0.5, 0.6) is 0 Å². The van der Waals surface area contributed by atoms with Gasteiger partial charge in [0, 0.05) is 31.9 Å². The minimum atomic E-state index is -0.118. The van der Waals surface area contributed by atoms with Gasteiger partial charge >= 0.3 is 0 Å². The molecule has 27 heavy (non-hydrogen) atoms. The van der Waals surface area contributed by atoms with Crippen molar-refractivity contribution in [3.05, 3.63) is 47.9 Å². The van der Waals surface area contributed by atoms with Gasteiger partial charge in [0.25, 0.3) is 0 Å². The van der Waals surface area contributed by atoms with E-state index in [1.807, 2.05) is 12.1 Å². The summed E-state index contributed by atoms with van der Waals surface area (Å²) in [6, 6.07) is 7.15. The Morgan fingerprint density at radius 1 is 1.22 bits per heavy atom. The number of halogens is 1. The standard InChI is InChI=1S/C19H22ClN5O2/c20-15-5-1-2-6-16(15)23-18(26)7-11-25-10-3-4-14(13-25)19(27)24-17-12-21-8-9-22-17/h1-2,5-6,8-9,12,14H,3-4,7,10-11,13H2,(H,23,26)(H,22,24,27)/t14-/m1/s1. The number of amides is 2. The number of nitrogens with zero attached hydrogens (tertiary/aromatic N) is 3. The van der Waals surface area contributed by atoms with E-state index in [1.165, 1.54) is 6.20 Å². The van der Waals surface area contributed by atoms with Gasteiger partial charge in [-0.15, -0.1) is 0 Å². The van der Waals surface area contributed by atoms with E-state index in [0.717, 1.165) is 19.4 Å². The number of carbonyl (C=O) groups is 2. The number of piperidine rings is 1. The average molecular weight is 388 g/mol. The first-order valence-electron chi connectivity index (χ1n) is 8.95. The molecule has 0 bridgehead atoms. The van der Waals surface area contributed by atoms with Crippen LogP contribution in [0.15, 0.2) is 42.9 Å². The maximum absolute atomic E-state index is 12.4. The van der Waals surface area contributed by atoms with Gasteiger partial charge in [0.15, 0.2) is 5.82 Å². The number of rotatable bonds is 6. The monoisotopic (exact) mass is 387 g/mol. The van der Waals surface area contributed by atoms with Crippen LogP contribution in [-0.2, 0) is 9.59 Å². The molecule has 1 aromatic carbocycles. The zero-order valence-corrected chi connectivity index (χ0v) is 15.7. The van der Waals surface area contributed by atoms with E-state index < -0.39 is 0 Å². The van der Waals surface area contributed by atoms with Crippen LogP contribution in [0, 0.1) is 5.92 Å². The highest BCUT2D eigenvalue weighted by Gasteiger charge is 2.26. The van der Waals surface area contributed by atoms with Crippen LogP contribution in [0.25, 0.3) is 0 Å². The third-order valence-electron chi connectivity index (χ3n) is 4.49. The predicted molar refractivity (Wildman–Crippen MR) is 105 cm³/mol. The van der Waals surface area contributed by atoms with Crippen molar-refractivity contribution in [2.45, 2.75) is 19.3 Å². The van der Waals surface area contributed by atoms with Gasteiger partial charge in [-0.25, -0.2) is 4.98 Å². The van der Waals surface area contributed by atoms with Crippen molar-refractivity contribution in [2.75, 3.05) is 30.3 Å². The summed E-state index contributed by atoms with van der Waals surface area (Å²) in [4.78, 5) is 34.8. The Balaban J connectivity index is 1.46. The average Bonchev–Trinajstić information content (AvgIpc) is 2.69. The second-order valence-corrected chi connectivity index (χ2v) is 6.90. The fourth-order valence-electron chi connectivity index (χ4n) is 3.10. The third kappa shape index (κ3) is 5.74. The Hall–Kier alpha value is -2.51. The second-order valence-electron chi connectivity index (χ2n) is 6.50. The second kappa shape index (κ2) is 9.43. The molecule has 2 N–H and O–H groups in total. The molecule has 1 saturated heterocycles. The number of benzene rings is 1. The Morgan fingerprint density at radius 3 is 2.85 bits per heavy atom. The van der Waals surface area contributed by atoms with E-state index in [1.54, 1.807) is 24.5 Å². The minimum absolute atomic E-state index is 0.0549. The molecule has 0 aliphatic carbocycles. The van der Waals surface area contributed by atoms with Gasteiger partial charge in [0.2, 0.25) is 11.8 Å². The highest BCUT2D eigenvalue weighted by atomic mass is 35.5. The Morgan fingerprint density at radius 2 is 2.07 bits per heavy atom. The van der Waals surface area contributed by atoms with E-state index in [9.17, 15) is 9.59 Å². The predicted octanol–water partition coefficient (Wildman–Crippen LogP) is 2.81. The Kier molecular flexibility index (Phi) is 6.73. The molecular formula is C19H22ClN5O2. The first-order chi connectivity index (χ1) is 13.1. The van der Waals surface area contributed by atoms with Crippen molar-refractivity contribution < 1.29 is 9.59 Å². The molecule has 0 saturated carbocycles. The summed E-state index contributed by atoms with van der Waals surface area (Å²) in [5, 5.41) is 6.15. The van der Waals surface area contributed by atoms with Crippen molar-refractivity contribution in [3.63, 3.8) is 0 Å². The number of nitrogens with one attached hydrogen (secondary N) is 2. The summed E-state index contributed by atoms with van der Waals surface area (Å²) in [6.07, 6.45) is 6.73. The van der Waals surface area contributed by atoms with E-state index in [-0.39, 0.29) is 17.7 Å². The topological polar surface area (TPSA) is 87.2 Å². The molecule has 0 spiro atoms. The molecule has 7 nitrogen and oxygen atoms in total. The molecule has 142 valence electrons. The quantitative estimate of drug-likeness (QED) is 0.795. The van der Waals surface area contributed by atoms with Crippen LogP contribution < -0.4 is 10.6 Å². The fraction of sp³-hybridized carbons (Fsp3) is 0.368. The van der Waals surface area contributed by atoms with Crippen LogP contribution in [0.2, 0.25) is 5.02 Å². The fourth-order valence-corrected chi connectivity index (χ4v) is 3.28. The van der Waals surface area contributed by atoms with Crippen LogP contribution in [0.4, 0.5) is 11.5 Å². The molecule has 1 fully saturated rings. The van der Waals surface area contributed by atoms with Gasteiger partial charge in [-0.3, -0.25) is 14.6 Å². The lowest BCUT2D eigenvalue weighted by molar-refractivity contribution is -0.121. The minimum Gasteiger partial charge on any atom is -0.325 e. The highest BCUT2D eigenvalue weighted by molar-refractivity contribution is 6.33. The first kappa shape index (κ1) is 19.3. The Bertz CT molecular complexity index is 787. The van der Waals surface area contributed by atoms with E-state index >= 15 is 0 Å². The maximum Gasteiger partial charge on any atom is 0.229 e. The molecule has 1 aliphatic rings. The van der Waals surface area contributed by atoms with Crippen molar-refractivity contribution in [1.82, 2.24) is 14.9 Å². The van der Waals surface area contributed by atoms with Gasteiger partial charge < -0.3 is 15.5 Å². The maximum atomic E-state index is 12.4. The first-order valence-corrected chi connectivity index (χ1v) is 9.33. The molecule has 8 heteroatoms. The largest absolute Gasteiger partial charge is 0.325 e. The molecule has 1 aromatic heterocycles. The molecular weight excluding hydrogens is 366 g/mol. The van der Waals surface area contributed by atoms with Gasteiger partial charge in [-0.05, 0) is 31.5 Å². The molecule has 1 aliphatic heterocycles. The zero-order valence-electron chi connectivity index (χ0n) is 14.9. The van der Waals surface area contributed by atoms with Crippen LogP contribution in [0.1, 0.15) is 19.3 Å². The lowest BCUT2D eigenvalue weighted by Gasteiger charge is -2.31. The lowest BCUT2D eigenvalue weighted by Crippen LogP contribution is -2.41. The molecule has 0 radical (unpaired) electrons. The van der Waals surface area contributed by atoms with Crippen molar-refractivity contribution in [3.8, 4) is 0 Å². The van der Waals surface area contributed by atoms with Crippen molar-refractivity contribution in [2.24, 2.45) is 5.92 Å². The van der Waals surface area contributed by atoms with Gasteiger partial charge in [0.1, 0.15) is 0 Å². The summed E-state index contributed by atoms with van der Waals surface area (Å²) >= 11 is 6.06. The molecule has 1 atom stereocenters. The smallest absolute Gasteiger partial charge is 0.229 e. The number of hydrogen-bond acceptors (Lipinski definition) is 5.